The first-order valence-electron chi connectivity index (χ1n) is 6.00. The molecular formula is C15H12ClNO2. The van der Waals surface area contributed by atoms with Crippen molar-refractivity contribution < 1.29 is 9.90 Å². The van der Waals surface area contributed by atoms with Gasteiger partial charge in [-0.3, -0.25) is 4.79 Å². The normalized spacial score (nSPS) is 17.7. The molecule has 1 atom stereocenters. The van der Waals surface area contributed by atoms with Gasteiger partial charge in [0.2, 0.25) is 0 Å². The number of halogens is 1. The van der Waals surface area contributed by atoms with E-state index < -0.39 is 6.10 Å². The van der Waals surface area contributed by atoms with Gasteiger partial charge < -0.3 is 10.0 Å². The van der Waals surface area contributed by atoms with Gasteiger partial charge in [-0.2, -0.15) is 0 Å². The Morgan fingerprint density at radius 1 is 1.11 bits per heavy atom. The zero-order chi connectivity index (χ0) is 13.4. The lowest BCUT2D eigenvalue weighted by molar-refractivity contribution is -0.125. The summed E-state index contributed by atoms with van der Waals surface area (Å²) < 4.78 is 0. The topological polar surface area (TPSA) is 40.5 Å². The fourth-order valence-corrected chi connectivity index (χ4v) is 2.62. The summed E-state index contributed by atoms with van der Waals surface area (Å²) in [5.74, 6) is -0.327. The minimum atomic E-state index is -1.16. The molecule has 3 rings (SSSR count). The molecule has 1 aliphatic heterocycles. The van der Waals surface area contributed by atoms with Gasteiger partial charge in [0.05, 0.1) is 12.2 Å². The SMILES string of the molecule is O=C1C(O)c2c(Cl)cccc2N1Cc1ccccc1. The highest BCUT2D eigenvalue weighted by Crippen LogP contribution is 2.40. The summed E-state index contributed by atoms with van der Waals surface area (Å²) in [5, 5.41) is 10.4. The quantitative estimate of drug-likeness (QED) is 0.914. The number of nitrogens with zero attached hydrogens (tertiary/aromatic N) is 1. The van der Waals surface area contributed by atoms with Crippen LogP contribution in [0.3, 0.4) is 0 Å². The van der Waals surface area contributed by atoms with Crippen LogP contribution in [0.1, 0.15) is 17.2 Å². The Morgan fingerprint density at radius 2 is 1.84 bits per heavy atom. The predicted octanol–water partition coefficient (Wildman–Crippen LogP) is 2.92. The molecule has 3 nitrogen and oxygen atoms in total. The van der Waals surface area contributed by atoms with Gasteiger partial charge in [0.1, 0.15) is 0 Å². The number of benzene rings is 2. The Bertz CT molecular complexity index is 627. The molecule has 1 heterocycles. The van der Waals surface area contributed by atoms with Crippen molar-refractivity contribution in [1.29, 1.82) is 0 Å². The third-order valence-electron chi connectivity index (χ3n) is 3.28. The molecule has 2 aromatic rings. The molecule has 4 heteroatoms. The third-order valence-corrected chi connectivity index (χ3v) is 3.61. The lowest BCUT2D eigenvalue weighted by Gasteiger charge is -2.17. The van der Waals surface area contributed by atoms with E-state index in [0.717, 1.165) is 5.56 Å². The van der Waals surface area contributed by atoms with E-state index in [1.54, 1.807) is 23.1 Å². The van der Waals surface area contributed by atoms with Crippen LogP contribution >= 0.6 is 11.6 Å². The van der Waals surface area contributed by atoms with E-state index in [1.165, 1.54) is 0 Å². The molecule has 0 aromatic heterocycles. The second-order valence-electron chi connectivity index (χ2n) is 4.49. The number of carbonyl (C=O) groups is 1. The summed E-state index contributed by atoms with van der Waals surface area (Å²) in [6.07, 6.45) is -1.16. The Hall–Kier alpha value is -1.84. The van der Waals surface area contributed by atoms with Crippen LogP contribution in [0.15, 0.2) is 48.5 Å². The molecular weight excluding hydrogens is 262 g/mol. The van der Waals surface area contributed by atoms with Gasteiger partial charge in [0, 0.05) is 10.6 Å². The average molecular weight is 274 g/mol. The number of fused-ring (bicyclic) bond motifs is 1. The van der Waals surface area contributed by atoms with Crippen molar-refractivity contribution in [1.82, 2.24) is 0 Å². The number of hydrogen-bond acceptors (Lipinski definition) is 2. The number of hydrogen-bond donors (Lipinski definition) is 1. The molecule has 1 N–H and O–H groups in total. The van der Waals surface area contributed by atoms with Crippen LogP contribution in [0.2, 0.25) is 5.02 Å². The van der Waals surface area contributed by atoms with Gasteiger partial charge in [-0.15, -0.1) is 0 Å². The maximum Gasteiger partial charge on any atom is 0.260 e. The van der Waals surface area contributed by atoms with E-state index >= 15 is 0 Å². The minimum absolute atomic E-state index is 0.327. The van der Waals surface area contributed by atoms with Crippen molar-refractivity contribution in [2.75, 3.05) is 4.90 Å². The van der Waals surface area contributed by atoms with E-state index in [9.17, 15) is 9.90 Å². The van der Waals surface area contributed by atoms with Crippen molar-refractivity contribution >= 4 is 23.2 Å². The van der Waals surface area contributed by atoms with Crippen LogP contribution in [0, 0.1) is 0 Å². The summed E-state index contributed by atoms with van der Waals surface area (Å²) in [4.78, 5) is 13.7. The molecule has 1 unspecified atom stereocenters. The summed E-state index contributed by atoms with van der Waals surface area (Å²) >= 11 is 6.06. The van der Waals surface area contributed by atoms with E-state index in [4.69, 9.17) is 11.6 Å². The maximum atomic E-state index is 12.1. The van der Waals surface area contributed by atoms with Crippen molar-refractivity contribution in [3.8, 4) is 0 Å². The molecule has 19 heavy (non-hydrogen) atoms. The molecule has 0 spiro atoms. The zero-order valence-electron chi connectivity index (χ0n) is 10.1. The van der Waals surface area contributed by atoms with Crippen molar-refractivity contribution in [3.63, 3.8) is 0 Å². The predicted molar refractivity (Wildman–Crippen MR) is 74.0 cm³/mol. The fourth-order valence-electron chi connectivity index (χ4n) is 2.35. The molecule has 0 aliphatic carbocycles. The number of aliphatic hydroxyl groups is 1. The molecule has 1 amide bonds. The molecule has 96 valence electrons. The number of carbonyl (C=O) groups excluding carboxylic acids is 1. The van der Waals surface area contributed by atoms with Crippen LogP contribution in [0.5, 0.6) is 0 Å². The second kappa shape index (κ2) is 4.68. The molecule has 0 bridgehead atoms. The van der Waals surface area contributed by atoms with E-state index in [-0.39, 0.29) is 5.91 Å². The molecule has 0 fully saturated rings. The largest absolute Gasteiger partial charge is 0.378 e. The number of amides is 1. The molecule has 1 aliphatic rings. The minimum Gasteiger partial charge on any atom is -0.378 e. The Kier molecular flexibility index (Phi) is 3.01. The lowest BCUT2D eigenvalue weighted by atomic mass is 10.1. The first-order valence-corrected chi connectivity index (χ1v) is 6.38. The second-order valence-corrected chi connectivity index (χ2v) is 4.89. The van der Waals surface area contributed by atoms with Crippen LogP contribution in [0.25, 0.3) is 0 Å². The molecule has 2 aromatic carbocycles. The third kappa shape index (κ3) is 2.01. The highest BCUT2D eigenvalue weighted by molar-refractivity contribution is 6.32. The smallest absolute Gasteiger partial charge is 0.260 e. The summed E-state index contributed by atoms with van der Waals surface area (Å²) in [5.41, 5.74) is 2.20. The van der Waals surface area contributed by atoms with E-state index in [0.29, 0.717) is 22.8 Å². The Morgan fingerprint density at radius 3 is 2.58 bits per heavy atom. The van der Waals surface area contributed by atoms with Gasteiger partial charge in [0.15, 0.2) is 6.10 Å². The first kappa shape index (κ1) is 12.2. The standard InChI is InChI=1S/C15H12ClNO2/c16-11-7-4-8-12-13(11)14(18)15(19)17(12)9-10-5-2-1-3-6-10/h1-8,14,18H,9H2. The Balaban J connectivity index is 2.00. The molecule has 0 saturated carbocycles. The van der Waals surface area contributed by atoms with Gasteiger partial charge >= 0.3 is 0 Å². The number of aliphatic hydroxyl groups excluding tert-OH is 1. The van der Waals surface area contributed by atoms with Gasteiger partial charge in [-0.1, -0.05) is 48.0 Å². The highest BCUT2D eigenvalue weighted by Gasteiger charge is 2.37. The van der Waals surface area contributed by atoms with Crippen LogP contribution < -0.4 is 4.90 Å². The monoisotopic (exact) mass is 273 g/mol. The highest BCUT2D eigenvalue weighted by atomic mass is 35.5. The Labute approximate surface area is 116 Å². The van der Waals surface area contributed by atoms with Crippen LogP contribution in [-0.4, -0.2) is 11.0 Å². The van der Waals surface area contributed by atoms with Gasteiger partial charge in [0.25, 0.3) is 5.91 Å². The fraction of sp³-hybridized carbons (Fsp3) is 0.133. The van der Waals surface area contributed by atoms with E-state index in [2.05, 4.69) is 0 Å². The van der Waals surface area contributed by atoms with Gasteiger partial charge in [-0.25, -0.2) is 0 Å². The molecule has 0 saturated heterocycles. The van der Waals surface area contributed by atoms with Crippen molar-refractivity contribution in [2.24, 2.45) is 0 Å². The number of rotatable bonds is 2. The van der Waals surface area contributed by atoms with Crippen molar-refractivity contribution in [2.45, 2.75) is 12.6 Å². The maximum absolute atomic E-state index is 12.1. The first-order chi connectivity index (χ1) is 9.18. The summed E-state index contributed by atoms with van der Waals surface area (Å²) in [6.45, 7) is 0.435. The lowest BCUT2D eigenvalue weighted by Crippen LogP contribution is -2.28. The van der Waals surface area contributed by atoms with E-state index in [1.807, 2.05) is 30.3 Å². The summed E-state index contributed by atoms with van der Waals surface area (Å²) in [6, 6.07) is 14.9. The van der Waals surface area contributed by atoms with Crippen LogP contribution in [-0.2, 0) is 11.3 Å². The van der Waals surface area contributed by atoms with Crippen molar-refractivity contribution in [3.05, 3.63) is 64.7 Å². The average Bonchev–Trinajstić information content (AvgIpc) is 2.66. The van der Waals surface area contributed by atoms with Crippen LogP contribution in [0.4, 0.5) is 5.69 Å². The number of anilines is 1. The summed E-state index contributed by atoms with van der Waals surface area (Å²) in [7, 11) is 0. The molecule has 0 radical (unpaired) electrons. The van der Waals surface area contributed by atoms with Gasteiger partial charge in [-0.05, 0) is 17.7 Å². The zero-order valence-corrected chi connectivity index (χ0v) is 10.8.